The summed E-state index contributed by atoms with van der Waals surface area (Å²) in [5.74, 6) is 0.648. The van der Waals surface area contributed by atoms with Crippen molar-refractivity contribution in [2.45, 2.75) is 26.3 Å². The Hall–Kier alpha value is -3.55. The van der Waals surface area contributed by atoms with E-state index in [1.807, 2.05) is 48.5 Å². The molecule has 0 saturated carbocycles. The fourth-order valence-electron chi connectivity index (χ4n) is 3.58. The second kappa shape index (κ2) is 10.6. The van der Waals surface area contributed by atoms with Crippen LogP contribution in [-0.4, -0.2) is 15.5 Å². The molecule has 3 aromatic carbocycles. The first-order valence-electron chi connectivity index (χ1n) is 11.0. The number of hydrogen-bond donors (Lipinski definition) is 2. The number of amides is 1. The van der Waals surface area contributed by atoms with Crippen LogP contribution in [0, 0.1) is 0 Å². The molecule has 0 aliphatic rings. The lowest BCUT2D eigenvalue weighted by Gasteiger charge is -2.14. The van der Waals surface area contributed by atoms with Crippen LogP contribution < -0.4 is 16.4 Å². The summed E-state index contributed by atoms with van der Waals surface area (Å²) in [5.41, 5.74) is 8.86. The van der Waals surface area contributed by atoms with Gasteiger partial charge in [0.25, 0.3) is 11.5 Å². The Morgan fingerprint density at radius 3 is 2.50 bits per heavy atom. The fourth-order valence-corrected chi connectivity index (χ4v) is 3.94. The molecule has 2 N–H and O–H groups in total. The van der Waals surface area contributed by atoms with Crippen molar-refractivity contribution in [2.75, 3.05) is 0 Å². The van der Waals surface area contributed by atoms with Crippen molar-refractivity contribution >= 4 is 38.8 Å². The zero-order valence-corrected chi connectivity index (χ0v) is 20.5. The largest absolute Gasteiger partial charge is 0.288 e. The Kier molecular flexibility index (Phi) is 7.35. The molecule has 0 aliphatic carbocycles. The maximum Gasteiger partial charge on any atom is 0.266 e. The van der Waals surface area contributed by atoms with Crippen LogP contribution in [0.15, 0.2) is 88.1 Å². The molecule has 4 aromatic rings. The number of carbonyl (C=O) groups excluding carboxylic acids is 1. The van der Waals surface area contributed by atoms with E-state index >= 15 is 0 Å². The number of hydrazine groups is 1. The van der Waals surface area contributed by atoms with Gasteiger partial charge in [-0.25, -0.2) is 10.4 Å². The minimum Gasteiger partial charge on any atom is -0.288 e. The SMILES string of the molecule is CC(C)c1ccc(/C=C/C(=O)NNCc2nc3ccc(Br)cc3c(=O)n2-c2ccccc2)cc1. The summed E-state index contributed by atoms with van der Waals surface area (Å²) < 4.78 is 2.36. The Labute approximate surface area is 206 Å². The molecule has 172 valence electrons. The highest BCUT2D eigenvalue weighted by Gasteiger charge is 2.13. The average Bonchev–Trinajstić information content (AvgIpc) is 2.84. The minimum absolute atomic E-state index is 0.165. The number of benzene rings is 3. The van der Waals surface area contributed by atoms with E-state index in [2.05, 4.69) is 57.7 Å². The Balaban J connectivity index is 1.51. The number of nitrogens with zero attached hydrogens (tertiary/aromatic N) is 2. The molecule has 34 heavy (non-hydrogen) atoms. The predicted octanol–water partition coefficient (Wildman–Crippen LogP) is 5.11. The molecule has 0 atom stereocenters. The van der Waals surface area contributed by atoms with Gasteiger partial charge in [0.15, 0.2) is 0 Å². The van der Waals surface area contributed by atoms with Gasteiger partial charge in [0.05, 0.1) is 23.1 Å². The van der Waals surface area contributed by atoms with Crippen LogP contribution in [-0.2, 0) is 11.3 Å². The van der Waals surface area contributed by atoms with Gasteiger partial charge in [0.2, 0.25) is 0 Å². The van der Waals surface area contributed by atoms with Gasteiger partial charge in [-0.1, -0.05) is 72.2 Å². The minimum atomic E-state index is -0.300. The number of rotatable bonds is 7. The summed E-state index contributed by atoms with van der Waals surface area (Å²) >= 11 is 3.42. The lowest BCUT2D eigenvalue weighted by molar-refractivity contribution is -0.117. The van der Waals surface area contributed by atoms with Crippen LogP contribution in [0.3, 0.4) is 0 Å². The smallest absolute Gasteiger partial charge is 0.266 e. The first-order valence-corrected chi connectivity index (χ1v) is 11.8. The number of carbonyl (C=O) groups is 1. The van der Waals surface area contributed by atoms with Gasteiger partial charge in [-0.2, -0.15) is 0 Å². The van der Waals surface area contributed by atoms with Crippen LogP contribution >= 0.6 is 15.9 Å². The average molecular weight is 517 g/mol. The molecular weight excluding hydrogens is 492 g/mol. The van der Waals surface area contributed by atoms with E-state index in [0.717, 1.165) is 10.0 Å². The normalized spacial score (nSPS) is 11.4. The zero-order chi connectivity index (χ0) is 24.1. The molecule has 4 rings (SSSR count). The second-order valence-corrected chi connectivity index (χ2v) is 9.08. The van der Waals surface area contributed by atoms with Crippen molar-refractivity contribution in [1.82, 2.24) is 20.4 Å². The van der Waals surface area contributed by atoms with Crippen LogP contribution in [0.25, 0.3) is 22.7 Å². The third kappa shape index (κ3) is 5.50. The standard InChI is InChI=1S/C27H25BrN4O2/c1-18(2)20-11-8-19(9-12-20)10-15-26(33)31-29-17-25-30-24-14-13-21(28)16-23(24)27(34)32(25)22-6-4-3-5-7-22/h3-16,18,29H,17H2,1-2H3,(H,31,33)/b15-10+. The van der Waals surface area contributed by atoms with E-state index in [4.69, 9.17) is 0 Å². The van der Waals surface area contributed by atoms with Gasteiger partial charge in [-0.3, -0.25) is 19.6 Å². The van der Waals surface area contributed by atoms with Crippen molar-refractivity contribution in [3.8, 4) is 5.69 Å². The molecule has 7 heteroatoms. The molecule has 6 nitrogen and oxygen atoms in total. The molecule has 0 aliphatic heterocycles. The van der Waals surface area contributed by atoms with Crippen molar-refractivity contribution < 1.29 is 4.79 Å². The van der Waals surface area contributed by atoms with E-state index in [9.17, 15) is 9.59 Å². The number of para-hydroxylation sites is 1. The quantitative estimate of drug-likeness (QED) is 0.264. The summed E-state index contributed by atoms with van der Waals surface area (Å²) in [6.07, 6.45) is 3.22. The fraction of sp³-hybridized carbons (Fsp3) is 0.148. The van der Waals surface area contributed by atoms with Crippen molar-refractivity contribution in [3.63, 3.8) is 0 Å². The summed E-state index contributed by atoms with van der Waals surface area (Å²) in [4.78, 5) is 30.3. The van der Waals surface area contributed by atoms with Crippen molar-refractivity contribution in [2.24, 2.45) is 0 Å². The van der Waals surface area contributed by atoms with Crippen LogP contribution in [0.4, 0.5) is 0 Å². The van der Waals surface area contributed by atoms with E-state index in [1.54, 1.807) is 22.8 Å². The maximum absolute atomic E-state index is 13.3. The highest BCUT2D eigenvalue weighted by Crippen LogP contribution is 2.18. The van der Waals surface area contributed by atoms with Gasteiger partial charge < -0.3 is 0 Å². The van der Waals surface area contributed by atoms with E-state index in [1.165, 1.54) is 11.6 Å². The summed E-state index contributed by atoms with van der Waals surface area (Å²) in [5, 5.41) is 0.512. The number of halogens is 1. The molecule has 1 heterocycles. The van der Waals surface area contributed by atoms with E-state index in [-0.39, 0.29) is 18.0 Å². The van der Waals surface area contributed by atoms with Crippen molar-refractivity contribution in [3.05, 3.63) is 111 Å². The lowest BCUT2D eigenvalue weighted by atomic mass is 10.0. The number of aromatic nitrogens is 2. The number of fused-ring (bicyclic) bond motifs is 1. The summed E-state index contributed by atoms with van der Waals surface area (Å²) in [6.45, 7) is 4.45. The molecule has 0 spiro atoms. The topological polar surface area (TPSA) is 76.0 Å². The number of hydrogen-bond acceptors (Lipinski definition) is 4. The van der Waals surface area contributed by atoms with Crippen molar-refractivity contribution in [1.29, 1.82) is 0 Å². The van der Waals surface area contributed by atoms with Gasteiger partial charge in [-0.15, -0.1) is 0 Å². The Bertz CT molecular complexity index is 1390. The van der Waals surface area contributed by atoms with Crippen LogP contribution in [0.5, 0.6) is 0 Å². The summed E-state index contributed by atoms with van der Waals surface area (Å²) in [6, 6.07) is 22.8. The van der Waals surface area contributed by atoms with Gasteiger partial charge >= 0.3 is 0 Å². The molecule has 0 bridgehead atoms. The molecule has 0 saturated heterocycles. The molecule has 0 unspecified atom stereocenters. The first-order chi connectivity index (χ1) is 16.4. The molecular formula is C27H25BrN4O2. The van der Waals surface area contributed by atoms with E-state index in [0.29, 0.717) is 28.3 Å². The maximum atomic E-state index is 13.3. The highest BCUT2D eigenvalue weighted by atomic mass is 79.9. The first kappa shape index (κ1) is 23.6. The third-order valence-electron chi connectivity index (χ3n) is 5.40. The molecule has 0 radical (unpaired) electrons. The van der Waals surface area contributed by atoms with Crippen LogP contribution in [0.1, 0.15) is 36.7 Å². The second-order valence-electron chi connectivity index (χ2n) is 8.16. The monoisotopic (exact) mass is 516 g/mol. The molecule has 1 amide bonds. The predicted molar refractivity (Wildman–Crippen MR) is 140 cm³/mol. The molecule has 1 aromatic heterocycles. The van der Waals surface area contributed by atoms with Gasteiger partial charge in [-0.05, 0) is 53.5 Å². The summed E-state index contributed by atoms with van der Waals surface area (Å²) in [7, 11) is 0. The molecule has 0 fully saturated rings. The number of nitrogens with one attached hydrogen (secondary N) is 2. The zero-order valence-electron chi connectivity index (χ0n) is 19.0. The van der Waals surface area contributed by atoms with Gasteiger partial charge in [0, 0.05) is 10.5 Å². The Morgan fingerprint density at radius 2 is 1.79 bits per heavy atom. The van der Waals surface area contributed by atoms with E-state index < -0.39 is 0 Å². The highest BCUT2D eigenvalue weighted by molar-refractivity contribution is 9.10. The third-order valence-corrected chi connectivity index (χ3v) is 5.90. The lowest BCUT2D eigenvalue weighted by Crippen LogP contribution is -2.38. The van der Waals surface area contributed by atoms with Crippen LogP contribution in [0.2, 0.25) is 0 Å². The van der Waals surface area contributed by atoms with Gasteiger partial charge in [0.1, 0.15) is 5.82 Å². The Morgan fingerprint density at radius 1 is 1.06 bits per heavy atom.